The van der Waals surface area contributed by atoms with Gasteiger partial charge in [-0.2, -0.15) is 0 Å². The SMILES string of the molecule is CN(C(=O)c1ccccc1)c1ccc2c(c1)nc(NC(=O)c1ccc(-c3ccncc3)s1)n2CCc1ncccc1O. The summed E-state index contributed by atoms with van der Waals surface area (Å²) in [5, 5.41) is 13.2. The number of hydrogen-bond donors (Lipinski definition) is 2. The Kier molecular flexibility index (Phi) is 7.44. The van der Waals surface area contributed by atoms with Crippen molar-refractivity contribution < 1.29 is 14.7 Å². The molecule has 42 heavy (non-hydrogen) atoms. The van der Waals surface area contributed by atoms with E-state index in [4.69, 9.17) is 4.98 Å². The predicted octanol–water partition coefficient (Wildman–Crippen LogP) is 6.03. The van der Waals surface area contributed by atoms with E-state index in [0.717, 1.165) is 16.0 Å². The van der Waals surface area contributed by atoms with Crippen LogP contribution in [0.5, 0.6) is 5.75 Å². The number of aromatic nitrogens is 4. The second kappa shape index (κ2) is 11.6. The maximum Gasteiger partial charge on any atom is 0.268 e. The molecule has 0 aliphatic carbocycles. The zero-order chi connectivity index (χ0) is 29.1. The van der Waals surface area contributed by atoms with E-state index < -0.39 is 0 Å². The smallest absolute Gasteiger partial charge is 0.268 e. The number of pyridine rings is 2. The largest absolute Gasteiger partial charge is 0.506 e. The molecule has 9 nitrogen and oxygen atoms in total. The summed E-state index contributed by atoms with van der Waals surface area (Å²) in [6.45, 7) is 0.404. The Morgan fingerprint density at radius 2 is 1.76 bits per heavy atom. The van der Waals surface area contributed by atoms with Crippen LogP contribution in [-0.2, 0) is 13.0 Å². The van der Waals surface area contributed by atoms with Crippen LogP contribution in [0.1, 0.15) is 25.7 Å². The summed E-state index contributed by atoms with van der Waals surface area (Å²) in [6, 6.07) is 25.4. The molecule has 208 valence electrons. The summed E-state index contributed by atoms with van der Waals surface area (Å²) < 4.78 is 1.89. The van der Waals surface area contributed by atoms with Gasteiger partial charge in [0.25, 0.3) is 11.8 Å². The second-order valence-corrected chi connectivity index (χ2v) is 10.6. The van der Waals surface area contributed by atoms with Crippen LogP contribution in [0.3, 0.4) is 0 Å². The first-order valence-electron chi connectivity index (χ1n) is 13.3. The van der Waals surface area contributed by atoms with Crippen LogP contribution >= 0.6 is 11.3 Å². The number of hydrogen-bond acceptors (Lipinski definition) is 7. The Morgan fingerprint density at radius 3 is 2.55 bits per heavy atom. The van der Waals surface area contributed by atoms with E-state index in [9.17, 15) is 14.7 Å². The van der Waals surface area contributed by atoms with Gasteiger partial charge in [0.05, 0.1) is 21.6 Å². The number of nitrogens with one attached hydrogen (secondary N) is 1. The van der Waals surface area contributed by atoms with Crippen molar-refractivity contribution in [3.8, 4) is 16.2 Å². The number of carbonyl (C=O) groups is 2. The average molecular weight is 575 g/mol. The first kappa shape index (κ1) is 26.9. The van der Waals surface area contributed by atoms with Gasteiger partial charge in [-0.05, 0) is 72.3 Å². The fraction of sp³-hybridized carbons (Fsp3) is 0.0938. The van der Waals surface area contributed by atoms with E-state index in [1.165, 1.54) is 11.3 Å². The molecule has 2 amide bonds. The van der Waals surface area contributed by atoms with Crippen LogP contribution < -0.4 is 10.2 Å². The third-order valence-electron chi connectivity index (χ3n) is 6.90. The van der Waals surface area contributed by atoms with Crippen molar-refractivity contribution in [2.75, 3.05) is 17.3 Å². The molecule has 2 N–H and O–H groups in total. The predicted molar refractivity (Wildman–Crippen MR) is 164 cm³/mol. The van der Waals surface area contributed by atoms with E-state index in [1.807, 2.05) is 59.2 Å². The molecule has 10 heteroatoms. The molecule has 0 bridgehead atoms. The van der Waals surface area contributed by atoms with E-state index in [-0.39, 0.29) is 17.6 Å². The molecule has 0 radical (unpaired) electrons. The van der Waals surface area contributed by atoms with Gasteiger partial charge < -0.3 is 14.6 Å². The van der Waals surface area contributed by atoms with Crippen molar-refractivity contribution in [2.24, 2.45) is 0 Å². The monoisotopic (exact) mass is 574 g/mol. The topological polar surface area (TPSA) is 113 Å². The molecule has 4 aromatic heterocycles. The Labute approximate surface area is 245 Å². The number of aromatic hydroxyl groups is 1. The number of aryl methyl sites for hydroxylation is 2. The number of nitrogens with zero attached hydrogens (tertiary/aromatic N) is 5. The van der Waals surface area contributed by atoms with Crippen LogP contribution in [0.4, 0.5) is 11.6 Å². The van der Waals surface area contributed by atoms with Gasteiger partial charge in [0.1, 0.15) is 5.75 Å². The van der Waals surface area contributed by atoms with Gasteiger partial charge in [-0.15, -0.1) is 11.3 Å². The molecular weight excluding hydrogens is 548 g/mol. The quantitative estimate of drug-likeness (QED) is 0.229. The summed E-state index contributed by atoms with van der Waals surface area (Å²) in [7, 11) is 1.72. The highest BCUT2D eigenvalue weighted by molar-refractivity contribution is 7.17. The zero-order valence-corrected chi connectivity index (χ0v) is 23.5. The molecule has 0 fully saturated rings. The average Bonchev–Trinajstić information content (AvgIpc) is 3.66. The van der Waals surface area contributed by atoms with Gasteiger partial charge in [-0.25, -0.2) is 4.98 Å². The molecular formula is C32H26N6O3S. The highest BCUT2D eigenvalue weighted by Crippen LogP contribution is 2.30. The van der Waals surface area contributed by atoms with Crippen molar-refractivity contribution in [3.63, 3.8) is 0 Å². The zero-order valence-electron chi connectivity index (χ0n) is 22.6. The molecule has 0 spiro atoms. The molecule has 0 saturated heterocycles. The van der Waals surface area contributed by atoms with Crippen LogP contribution in [0.2, 0.25) is 0 Å². The highest BCUT2D eigenvalue weighted by atomic mass is 32.1. The third-order valence-corrected chi connectivity index (χ3v) is 8.04. The lowest BCUT2D eigenvalue weighted by atomic mass is 10.2. The maximum absolute atomic E-state index is 13.4. The minimum atomic E-state index is -0.283. The molecule has 0 unspecified atom stereocenters. The summed E-state index contributed by atoms with van der Waals surface area (Å²) in [6.07, 6.45) is 5.48. The number of imidazole rings is 1. The molecule has 2 aromatic carbocycles. The lowest BCUT2D eigenvalue weighted by Crippen LogP contribution is -2.26. The number of amides is 2. The van der Waals surface area contributed by atoms with Gasteiger partial charge >= 0.3 is 0 Å². The van der Waals surface area contributed by atoms with Gasteiger partial charge in [0.2, 0.25) is 5.95 Å². The number of fused-ring (bicyclic) bond motifs is 1. The molecule has 0 aliphatic heterocycles. The summed E-state index contributed by atoms with van der Waals surface area (Å²) in [5.74, 6) is 0.0434. The molecule has 6 aromatic rings. The molecule has 6 rings (SSSR count). The molecule has 0 saturated carbocycles. The summed E-state index contributed by atoms with van der Waals surface area (Å²) in [5.41, 5.74) is 4.16. The first-order chi connectivity index (χ1) is 20.5. The van der Waals surface area contributed by atoms with Crippen LogP contribution in [0.15, 0.2) is 104 Å². The number of thiophene rings is 1. The number of rotatable bonds is 8. The fourth-order valence-electron chi connectivity index (χ4n) is 4.67. The van der Waals surface area contributed by atoms with Crippen molar-refractivity contribution in [3.05, 3.63) is 120 Å². The molecule has 0 atom stereocenters. The van der Waals surface area contributed by atoms with E-state index in [1.54, 1.807) is 60.9 Å². The number of carbonyl (C=O) groups excluding carboxylic acids is 2. The van der Waals surface area contributed by atoms with Gasteiger partial charge in [0, 0.05) is 54.7 Å². The number of benzene rings is 2. The van der Waals surface area contributed by atoms with Crippen LogP contribution in [-0.4, -0.2) is 43.5 Å². The van der Waals surface area contributed by atoms with Crippen molar-refractivity contribution in [2.45, 2.75) is 13.0 Å². The fourth-order valence-corrected chi connectivity index (χ4v) is 5.58. The lowest BCUT2D eigenvalue weighted by molar-refractivity contribution is 0.0991. The Hall–Kier alpha value is -5.35. The van der Waals surface area contributed by atoms with Crippen LogP contribution in [0, 0.1) is 0 Å². The normalized spacial score (nSPS) is 11.0. The Bertz CT molecular complexity index is 1890. The van der Waals surface area contributed by atoms with Gasteiger partial charge in [-0.1, -0.05) is 18.2 Å². The summed E-state index contributed by atoms with van der Waals surface area (Å²) in [4.78, 5) is 42.6. The Morgan fingerprint density at radius 1 is 0.952 bits per heavy atom. The van der Waals surface area contributed by atoms with Gasteiger partial charge in [-0.3, -0.25) is 24.9 Å². The molecule has 4 heterocycles. The Balaban J connectivity index is 1.32. The molecule has 0 aliphatic rings. The van der Waals surface area contributed by atoms with E-state index in [0.29, 0.717) is 46.3 Å². The minimum absolute atomic E-state index is 0.109. The van der Waals surface area contributed by atoms with Crippen molar-refractivity contribution >= 4 is 45.8 Å². The van der Waals surface area contributed by atoms with E-state index in [2.05, 4.69) is 15.3 Å². The first-order valence-corrected chi connectivity index (χ1v) is 14.1. The maximum atomic E-state index is 13.4. The van der Waals surface area contributed by atoms with Crippen molar-refractivity contribution in [1.82, 2.24) is 19.5 Å². The van der Waals surface area contributed by atoms with Crippen LogP contribution in [0.25, 0.3) is 21.5 Å². The lowest BCUT2D eigenvalue weighted by Gasteiger charge is -2.17. The minimum Gasteiger partial charge on any atom is -0.506 e. The third kappa shape index (κ3) is 5.48. The number of anilines is 2. The van der Waals surface area contributed by atoms with Crippen molar-refractivity contribution in [1.29, 1.82) is 0 Å². The van der Waals surface area contributed by atoms with E-state index >= 15 is 0 Å². The summed E-state index contributed by atoms with van der Waals surface area (Å²) >= 11 is 1.38. The van der Waals surface area contributed by atoms with Gasteiger partial charge in [0.15, 0.2) is 0 Å². The highest BCUT2D eigenvalue weighted by Gasteiger charge is 2.19. The second-order valence-electron chi connectivity index (χ2n) is 9.56. The standard InChI is InChI=1S/C32H26N6O3S/c1-37(31(41)22-6-3-2-4-7-22)23-9-10-26-25(20-23)35-32(38(26)19-15-24-27(39)8-5-16-34-24)36-30(40)29-12-11-28(42-29)21-13-17-33-18-14-21/h2-14,16-18,20,39H,15,19H2,1H3,(H,35,36,40).